The second-order valence-electron chi connectivity index (χ2n) is 8.52. The highest BCUT2D eigenvalue weighted by Crippen LogP contribution is 2.43. The second kappa shape index (κ2) is 7.38. The highest BCUT2D eigenvalue weighted by Gasteiger charge is 2.31. The van der Waals surface area contributed by atoms with Gasteiger partial charge in [0, 0.05) is 6.07 Å². The maximum atomic E-state index is 6.02. The van der Waals surface area contributed by atoms with E-state index in [1.807, 2.05) is 18.2 Å². The average molecular weight is 361 g/mol. The Morgan fingerprint density at radius 3 is 2.59 bits per heavy atom. The van der Waals surface area contributed by atoms with Crippen LogP contribution in [0.2, 0.25) is 0 Å². The largest absolute Gasteiger partial charge is 0.457 e. The molecule has 0 saturated heterocycles. The predicted octanol–water partition coefficient (Wildman–Crippen LogP) is 6.50. The number of nitrogens with one attached hydrogen (secondary N) is 1. The second-order valence-corrected chi connectivity index (χ2v) is 8.52. The third-order valence-electron chi connectivity index (χ3n) is 6.72. The molecule has 1 unspecified atom stereocenters. The zero-order chi connectivity index (χ0) is 18.1. The molecule has 0 spiro atoms. The van der Waals surface area contributed by atoms with Gasteiger partial charge in [0.1, 0.15) is 11.5 Å². The van der Waals surface area contributed by atoms with Gasteiger partial charge in [-0.1, -0.05) is 37.8 Å². The summed E-state index contributed by atoms with van der Waals surface area (Å²) in [6, 6.07) is 14.7. The number of imidazole rings is 1. The van der Waals surface area contributed by atoms with Gasteiger partial charge in [-0.2, -0.15) is 0 Å². The Morgan fingerprint density at radius 2 is 1.70 bits per heavy atom. The Bertz CT molecular complexity index is 898. The third kappa shape index (κ3) is 3.73. The van der Waals surface area contributed by atoms with Crippen LogP contribution in [0, 0.1) is 17.8 Å². The first kappa shape index (κ1) is 16.9. The lowest BCUT2D eigenvalue weighted by Gasteiger charge is -2.39. The number of nitrogens with zero attached hydrogens (tertiary/aromatic N) is 1. The summed E-state index contributed by atoms with van der Waals surface area (Å²) in [7, 11) is 0. The molecule has 3 aromatic rings. The minimum Gasteiger partial charge on any atom is -0.457 e. The molecule has 1 heterocycles. The van der Waals surface area contributed by atoms with Crippen LogP contribution in [-0.2, 0) is 6.42 Å². The van der Waals surface area contributed by atoms with E-state index in [9.17, 15) is 0 Å². The van der Waals surface area contributed by atoms with Gasteiger partial charge in [0.15, 0.2) is 0 Å². The molecule has 3 atom stereocenters. The van der Waals surface area contributed by atoms with E-state index in [-0.39, 0.29) is 0 Å². The Hall–Kier alpha value is -2.29. The molecule has 0 bridgehead atoms. The summed E-state index contributed by atoms with van der Waals surface area (Å²) in [6.45, 7) is 0. The maximum absolute atomic E-state index is 6.02. The molecular weight excluding hydrogens is 332 g/mol. The van der Waals surface area contributed by atoms with E-state index < -0.39 is 0 Å². The van der Waals surface area contributed by atoms with Crippen LogP contribution in [0.15, 0.2) is 48.8 Å². The van der Waals surface area contributed by atoms with Crippen molar-refractivity contribution in [2.24, 2.45) is 17.8 Å². The molecule has 1 aromatic heterocycles. The molecule has 0 radical (unpaired) electrons. The fraction of sp³-hybridized carbons (Fsp3) is 0.458. The Labute approximate surface area is 161 Å². The molecular formula is C24H28N2O. The lowest BCUT2D eigenvalue weighted by atomic mass is 9.66. The number of fused-ring (bicyclic) bond motifs is 2. The van der Waals surface area contributed by atoms with Crippen LogP contribution in [-0.4, -0.2) is 9.97 Å². The van der Waals surface area contributed by atoms with Crippen molar-refractivity contribution < 1.29 is 4.74 Å². The van der Waals surface area contributed by atoms with E-state index in [0.717, 1.165) is 40.3 Å². The summed E-state index contributed by atoms with van der Waals surface area (Å²) in [4.78, 5) is 7.38. The summed E-state index contributed by atoms with van der Waals surface area (Å²) < 4.78 is 6.02. The fourth-order valence-corrected chi connectivity index (χ4v) is 5.30. The molecule has 3 nitrogen and oxygen atoms in total. The average Bonchev–Trinajstić information content (AvgIpc) is 3.17. The standard InChI is InChI=1S/C24H28N2O/c1-2-4-20-14-18(5-8-19(20)3-1)13-17-6-9-21(10-7-17)27-22-11-12-23-24(15-22)26-16-25-23/h6-7,9-12,15-16,18-20H,1-5,8,13-14H2,(H,25,26)/t18?,19-,20-/m0/s1. The van der Waals surface area contributed by atoms with E-state index in [1.54, 1.807) is 6.33 Å². The monoisotopic (exact) mass is 360 g/mol. The van der Waals surface area contributed by atoms with Crippen LogP contribution < -0.4 is 4.74 Å². The van der Waals surface area contributed by atoms with Crippen molar-refractivity contribution in [2.75, 3.05) is 0 Å². The molecule has 2 aliphatic carbocycles. The molecule has 2 aromatic carbocycles. The van der Waals surface area contributed by atoms with Gasteiger partial charge < -0.3 is 9.72 Å². The Morgan fingerprint density at radius 1 is 0.889 bits per heavy atom. The van der Waals surface area contributed by atoms with Gasteiger partial charge in [-0.05, 0) is 73.3 Å². The molecule has 27 heavy (non-hydrogen) atoms. The first-order valence-corrected chi connectivity index (χ1v) is 10.5. The van der Waals surface area contributed by atoms with Crippen LogP contribution in [0.4, 0.5) is 0 Å². The predicted molar refractivity (Wildman–Crippen MR) is 109 cm³/mol. The van der Waals surface area contributed by atoms with E-state index in [1.165, 1.54) is 56.9 Å². The van der Waals surface area contributed by atoms with Crippen LogP contribution in [0.5, 0.6) is 11.5 Å². The lowest BCUT2D eigenvalue weighted by molar-refractivity contribution is 0.129. The molecule has 1 N–H and O–H groups in total. The highest BCUT2D eigenvalue weighted by atomic mass is 16.5. The van der Waals surface area contributed by atoms with Crippen molar-refractivity contribution in [1.82, 2.24) is 9.97 Å². The topological polar surface area (TPSA) is 37.9 Å². The summed E-state index contributed by atoms with van der Waals surface area (Å²) >= 11 is 0. The van der Waals surface area contributed by atoms with Crippen molar-refractivity contribution in [3.8, 4) is 11.5 Å². The molecule has 140 valence electrons. The van der Waals surface area contributed by atoms with Crippen molar-refractivity contribution in [1.29, 1.82) is 0 Å². The van der Waals surface area contributed by atoms with Gasteiger partial charge in [-0.25, -0.2) is 4.98 Å². The maximum Gasteiger partial charge on any atom is 0.129 e. The number of rotatable bonds is 4. The van der Waals surface area contributed by atoms with Crippen molar-refractivity contribution in [2.45, 2.75) is 51.4 Å². The number of aromatic nitrogens is 2. The third-order valence-corrected chi connectivity index (χ3v) is 6.72. The minimum absolute atomic E-state index is 0.843. The van der Waals surface area contributed by atoms with Crippen molar-refractivity contribution in [3.05, 3.63) is 54.4 Å². The zero-order valence-corrected chi connectivity index (χ0v) is 15.9. The zero-order valence-electron chi connectivity index (χ0n) is 15.9. The van der Waals surface area contributed by atoms with Crippen molar-refractivity contribution in [3.63, 3.8) is 0 Å². The Balaban J connectivity index is 1.21. The van der Waals surface area contributed by atoms with Gasteiger partial charge in [0.05, 0.1) is 17.4 Å². The van der Waals surface area contributed by atoms with Gasteiger partial charge >= 0.3 is 0 Å². The molecule has 2 aliphatic rings. The van der Waals surface area contributed by atoms with Gasteiger partial charge in [0.2, 0.25) is 0 Å². The number of H-pyrrole nitrogens is 1. The Kier molecular flexibility index (Phi) is 4.61. The quantitative estimate of drug-likeness (QED) is 0.576. The molecule has 3 heteroatoms. The summed E-state index contributed by atoms with van der Waals surface area (Å²) in [5, 5.41) is 0. The molecule has 0 aliphatic heterocycles. The molecule has 2 fully saturated rings. The summed E-state index contributed by atoms with van der Waals surface area (Å²) in [6.07, 6.45) is 13.2. The number of ether oxygens (including phenoxy) is 1. The molecule has 0 amide bonds. The first-order chi connectivity index (χ1) is 13.3. The number of hydrogen-bond donors (Lipinski definition) is 1. The summed E-state index contributed by atoms with van der Waals surface area (Å²) in [5.41, 5.74) is 3.42. The van der Waals surface area contributed by atoms with Gasteiger partial charge in [-0.3, -0.25) is 0 Å². The van der Waals surface area contributed by atoms with Gasteiger partial charge in [-0.15, -0.1) is 0 Å². The molecule has 2 saturated carbocycles. The van der Waals surface area contributed by atoms with E-state index in [0.29, 0.717) is 0 Å². The van der Waals surface area contributed by atoms with E-state index >= 15 is 0 Å². The van der Waals surface area contributed by atoms with Crippen molar-refractivity contribution >= 4 is 11.0 Å². The van der Waals surface area contributed by atoms with Crippen LogP contribution in [0.3, 0.4) is 0 Å². The van der Waals surface area contributed by atoms with E-state index in [4.69, 9.17) is 4.74 Å². The molecule has 5 rings (SSSR count). The first-order valence-electron chi connectivity index (χ1n) is 10.5. The minimum atomic E-state index is 0.843. The van der Waals surface area contributed by atoms with E-state index in [2.05, 4.69) is 34.2 Å². The van der Waals surface area contributed by atoms with Crippen LogP contribution in [0.25, 0.3) is 11.0 Å². The fourth-order valence-electron chi connectivity index (χ4n) is 5.30. The highest BCUT2D eigenvalue weighted by molar-refractivity contribution is 5.76. The smallest absolute Gasteiger partial charge is 0.129 e. The van der Waals surface area contributed by atoms with Gasteiger partial charge in [0.25, 0.3) is 0 Å². The number of aromatic amines is 1. The SMILES string of the molecule is c1nc2ccc(Oc3ccc(CC4CC[C@@H]5CCCC[C@H]5C4)cc3)cc2[nH]1. The number of hydrogen-bond acceptors (Lipinski definition) is 2. The lowest BCUT2D eigenvalue weighted by Crippen LogP contribution is -2.28. The normalized spacial score (nSPS) is 25.3. The van der Waals surface area contributed by atoms with Crippen LogP contribution in [0.1, 0.15) is 50.5 Å². The number of benzene rings is 2. The summed E-state index contributed by atoms with van der Waals surface area (Å²) in [5.74, 6) is 4.66. The van der Waals surface area contributed by atoms with Crippen LogP contribution >= 0.6 is 0 Å².